The number of halogens is 2. The zero-order valence-corrected chi connectivity index (χ0v) is 14.8. The summed E-state index contributed by atoms with van der Waals surface area (Å²) >= 11 is 11.8. The van der Waals surface area contributed by atoms with E-state index in [2.05, 4.69) is 5.32 Å². The molecule has 0 radical (unpaired) electrons. The van der Waals surface area contributed by atoms with Gasteiger partial charge < -0.3 is 14.8 Å². The first kappa shape index (κ1) is 18.2. The minimum Gasteiger partial charge on any atom is -0.493 e. The van der Waals surface area contributed by atoms with Gasteiger partial charge in [-0.3, -0.25) is 4.79 Å². The molecule has 0 atom stereocenters. The number of hydrogen-bond donors (Lipinski definition) is 1. The van der Waals surface area contributed by atoms with Crippen molar-refractivity contribution < 1.29 is 14.3 Å². The van der Waals surface area contributed by atoms with Crippen LogP contribution in [-0.4, -0.2) is 19.6 Å². The van der Waals surface area contributed by atoms with Gasteiger partial charge in [-0.1, -0.05) is 29.3 Å². The van der Waals surface area contributed by atoms with Crippen molar-refractivity contribution in [3.63, 3.8) is 0 Å². The maximum atomic E-state index is 12.0. The van der Waals surface area contributed by atoms with E-state index in [4.69, 9.17) is 32.7 Å². The first-order valence-electron chi connectivity index (χ1n) is 7.28. The summed E-state index contributed by atoms with van der Waals surface area (Å²) in [5.41, 5.74) is 1.35. The molecule has 0 heterocycles. The molecule has 0 aliphatic rings. The molecule has 0 fully saturated rings. The second-order valence-corrected chi connectivity index (χ2v) is 5.70. The lowest BCUT2D eigenvalue weighted by atomic mass is 10.2. The summed E-state index contributed by atoms with van der Waals surface area (Å²) in [6, 6.07) is 10.3. The highest BCUT2D eigenvalue weighted by atomic mass is 35.5. The van der Waals surface area contributed by atoms with Gasteiger partial charge in [0.1, 0.15) is 0 Å². The Morgan fingerprint density at radius 1 is 1.12 bits per heavy atom. The van der Waals surface area contributed by atoms with Crippen LogP contribution >= 0.6 is 23.2 Å². The topological polar surface area (TPSA) is 47.6 Å². The van der Waals surface area contributed by atoms with Gasteiger partial charge in [0.25, 0.3) is 0 Å². The maximum absolute atomic E-state index is 12.0. The molecule has 2 aromatic carbocycles. The summed E-state index contributed by atoms with van der Waals surface area (Å²) in [6.07, 6.45) is 3.10. The van der Waals surface area contributed by atoms with Crippen molar-refractivity contribution in [2.24, 2.45) is 0 Å². The van der Waals surface area contributed by atoms with Gasteiger partial charge in [-0.05, 0) is 48.9 Å². The van der Waals surface area contributed by atoms with E-state index >= 15 is 0 Å². The number of ether oxygens (including phenoxy) is 2. The number of methoxy groups -OCH3 is 1. The largest absolute Gasteiger partial charge is 0.493 e. The Labute approximate surface area is 151 Å². The van der Waals surface area contributed by atoms with Crippen molar-refractivity contribution in [1.29, 1.82) is 0 Å². The third kappa shape index (κ3) is 5.18. The van der Waals surface area contributed by atoms with Crippen molar-refractivity contribution >= 4 is 40.9 Å². The summed E-state index contributed by atoms with van der Waals surface area (Å²) in [5, 5.41) is 3.62. The van der Waals surface area contributed by atoms with Gasteiger partial charge in [-0.15, -0.1) is 0 Å². The number of rotatable bonds is 6. The Balaban J connectivity index is 2.08. The highest BCUT2D eigenvalue weighted by molar-refractivity contribution is 6.35. The number of anilines is 1. The van der Waals surface area contributed by atoms with Crippen molar-refractivity contribution in [3.8, 4) is 11.5 Å². The SMILES string of the molecule is CCOc1ccc(/C=C/C(=O)Nc2cc(Cl)cc(Cl)c2)cc1OC. The van der Waals surface area contributed by atoms with Crippen LogP contribution in [0.3, 0.4) is 0 Å². The van der Waals surface area contributed by atoms with Gasteiger partial charge in [0, 0.05) is 21.8 Å². The van der Waals surface area contributed by atoms with E-state index < -0.39 is 0 Å². The molecular formula is C18H17Cl2NO3. The van der Waals surface area contributed by atoms with Gasteiger partial charge in [-0.2, -0.15) is 0 Å². The summed E-state index contributed by atoms with van der Waals surface area (Å²) < 4.78 is 10.7. The van der Waals surface area contributed by atoms with Crippen LogP contribution in [-0.2, 0) is 4.79 Å². The van der Waals surface area contributed by atoms with Crippen LogP contribution in [0.4, 0.5) is 5.69 Å². The normalized spacial score (nSPS) is 10.7. The summed E-state index contributed by atoms with van der Waals surface area (Å²) in [6.45, 7) is 2.45. The average molecular weight is 366 g/mol. The molecule has 0 spiro atoms. The molecule has 0 aromatic heterocycles. The average Bonchev–Trinajstić information content (AvgIpc) is 2.53. The fraction of sp³-hybridized carbons (Fsp3) is 0.167. The predicted molar refractivity (Wildman–Crippen MR) is 98.3 cm³/mol. The second-order valence-electron chi connectivity index (χ2n) is 4.82. The quantitative estimate of drug-likeness (QED) is 0.728. The highest BCUT2D eigenvalue weighted by Gasteiger charge is 2.05. The molecule has 0 bridgehead atoms. The standard InChI is InChI=1S/C18H17Cl2NO3/c1-3-24-16-6-4-12(8-17(16)23-2)5-7-18(22)21-15-10-13(19)9-14(20)11-15/h4-11H,3H2,1-2H3,(H,21,22)/b7-5+. The summed E-state index contributed by atoms with van der Waals surface area (Å²) in [4.78, 5) is 12.0. The van der Waals surface area contributed by atoms with Crippen molar-refractivity contribution in [3.05, 3.63) is 58.1 Å². The fourth-order valence-electron chi connectivity index (χ4n) is 2.04. The molecule has 0 saturated carbocycles. The third-order valence-corrected chi connectivity index (χ3v) is 3.48. The minimum absolute atomic E-state index is 0.291. The van der Waals surface area contributed by atoms with Crippen molar-refractivity contribution in [1.82, 2.24) is 0 Å². The van der Waals surface area contributed by atoms with Crippen molar-refractivity contribution in [2.75, 3.05) is 19.0 Å². The van der Waals surface area contributed by atoms with E-state index in [1.54, 1.807) is 43.5 Å². The highest BCUT2D eigenvalue weighted by Crippen LogP contribution is 2.28. The van der Waals surface area contributed by atoms with Crippen LogP contribution in [0.2, 0.25) is 10.0 Å². The number of carbonyl (C=O) groups excluding carboxylic acids is 1. The van der Waals surface area contributed by atoms with Crippen LogP contribution in [0, 0.1) is 0 Å². The molecule has 0 aliphatic carbocycles. The van der Waals surface area contributed by atoms with Crippen LogP contribution < -0.4 is 14.8 Å². The molecule has 126 valence electrons. The van der Waals surface area contributed by atoms with E-state index in [1.807, 2.05) is 13.0 Å². The molecule has 1 amide bonds. The van der Waals surface area contributed by atoms with Gasteiger partial charge in [0.05, 0.1) is 13.7 Å². The lowest BCUT2D eigenvalue weighted by molar-refractivity contribution is -0.111. The van der Waals surface area contributed by atoms with E-state index in [1.165, 1.54) is 6.08 Å². The second kappa shape index (κ2) is 8.62. The third-order valence-electron chi connectivity index (χ3n) is 3.04. The van der Waals surface area contributed by atoms with Gasteiger partial charge in [0.2, 0.25) is 5.91 Å². The number of amides is 1. The van der Waals surface area contributed by atoms with E-state index in [9.17, 15) is 4.79 Å². The summed E-state index contributed by atoms with van der Waals surface area (Å²) in [7, 11) is 1.57. The Morgan fingerprint density at radius 2 is 1.83 bits per heavy atom. The number of benzene rings is 2. The minimum atomic E-state index is -0.291. The van der Waals surface area contributed by atoms with Gasteiger partial charge in [-0.25, -0.2) is 0 Å². The molecular weight excluding hydrogens is 349 g/mol. The Bertz CT molecular complexity index is 740. The molecule has 0 saturated heterocycles. The lowest BCUT2D eigenvalue weighted by Gasteiger charge is -2.09. The van der Waals surface area contributed by atoms with E-state index in [0.29, 0.717) is 33.8 Å². The van der Waals surface area contributed by atoms with Crippen LogP contribution in [0.15, 0.2) is 42.5 Å². The molecule has 1 N–H and O–H groups in total. The Morgan fingerprint density at radius 3 is 2.46 bits per heavy atom. The molecule has 2 aromatic rings. The molecule has 24 heavy (non-hydrogen) atoms. The monoisotopic (exact) mass is 365 g/mol. The molecule has 2 rings (SSSR count). The Kier molecular flexibility index (Phi) is 6.53. The molecule has 6 heteroatoms. The number of nitrogens with one attached hydrogen (secondary N) is 1. The van der Waals surface area contributed by atoms with Crippen molar-refractivity contribution in [2.45, 2.75) is 6.92 Å². The number of carbonyl (C=O) groups is 1. The zero-order valence-electron chi connectivity index (χ0n) is 13.3. The van der Waals surface area contributed by atoms with Gasteiger partial charge >= 0.3 is 0 Å². The smallest absolute Gasteiger partial charge is 0.248 e. The first-order valence-corrected chi connectivity index (χ1v) is 8.03. The Hall–Kier alpha value is -2.17. The molecule has 4 nitrogen and oxygen atoms in total. The van der Waals surface area contributed by atoms with Gasteiger partial charge in [0.15, 0.2) is 11.5 Å². The zero-order chi connectivity index (χ0) is 17.5. The lowest BCUT2D eigenvalue weighted by Crippen LogP contribution is -2.07. The first-order chi connectivity index (χ1) is 11.5. The van der Waals surface area contributed by atoms with E-state index in [-0.39, 0.29) is 5.91 Å². The van der Waals surface area contributed by atoms with Crippen LogP contribution in [0.25, 0.3) is 6.08 Å². The summed E-state index contributed by atoms with van der Waals surface area (Å²) in [5.74, 6) is 0.984. The van der Waals surface area contributed by atoms with Crippen LogP contribution in [0.1, 0.15) is 12.5 Å². The predicted octanol–water partition coefficient (Wildman–Crippen LogP) is 5.05. The van der Waals surface area contributed by atoms with Crippen LogP contribution in [0.5, 0.6) is 11.5 Å². The van der Waals surface area contributed by atoms with E-state index in [0.717, 1.165) is 5.56 Å². The number of hydrogen-bond acceptors (Lipinski definition) is 3. The molecule has 0 aliphatic heterocycles. The fourth-order valence-corrected chi connectivity index (χ4v) is 2.57. The maximum Gasteiger partial charge on any atom is 0.248 e. The molecule has 0 unspecified atom stereocenters.